The lowest BCUT2D eigenvalue weighted by Crippen LogP contribution is -2.29. The number of carbonyl (C=O) groups excluding carboxylic acids is 2. The van der Waals surface area contributed by atoms with Gasteiger partial charge in [0.15, 0.2) is 6.10 Å². The van der Waals surface area contributed by atoms with Crippen molar-refractivity contribution in [2.45, 2.75) is 19.6 Å². The number of amides is 1. The Morgan fingerprint density at radius 2 is 1.78 bits per heavy atom. The Morgan fingerprint density at radius 1 is 1.11 bits per heavy atom. The highest BCUT2D eigenvalue weighted by Gasteiger charge is 2.17. The molecule has 0 bridgehead atoms. The van der Waals surface area contributed by atoms with E-state index >= 15 is 0 Å². The number of hydrogen-bond acceptors (Lipinski definition) is 4. The minimum Gasteiger partial charge on any atom is -0.449 e. The van der Waals surface area contributed by atoms with Gasteiger partial charge in [0.2, 0.25) is 0 Å². The number of hydrogen-bond donors (Lipinski definition) is 1. The average molecular weight is 396 g/mol. The standard InChI is InChI=1S/C19H16ClF2NO4/c1-12(18(25)23-16-5-3-2-4-15(16)20)26-17(24)11-8-13-6-9-14(10-7-13)27-19(21)22/h2-12,19H,1H3,(H,23,25)/b11-8+. The molecule has 2 aromatic carbocycles. The lowest BCUT2D eigenvalue weighted by molar-refractivity contribution is -0.148. The van der Waals surface area contributed by atoms with E-state index in [0.29, 0.717) is 16.3 Å². The number of alkyl halides is 2. The molecule has 0 heterocycles. The van der Waals surface area contributed by atoms with Crippen molar-refractivity contribution in [2.24, 2.45) is 0 Å². The van der Waals surface area contributed by atoms with Crippen LogP contribution in [0.1, 0.15) is 12.5 Å². The molecule has 2 rings (SSSR count). The molecule has 0 aliphatic rings. The Labute approximate surface area is 159 Å². The normalized spacial score (nSPS) is 12.0. The molecule has 0 aliphatic heterocycles. The third-order valence-corrected chi connectivity index (χ3v) is 3.64. The largest absolute Gasteiger partial charge is 0.449 e. The molecule has 0 aromatic heterocycles. The van der Waals surface area contributed by atoms with E-state index in [0.717, 1.165) is 6.08 Å². The molecule has 5 nitrogen and oxygen atoms in total. The quantitative estimate of drug-likeness (QED) is 0.552. The summed E-state index contributed by atoms with van der Waals surface area (Å²) in [5, 5.41) is 2.93. The van der Waals surface area contributed by atoms with Crippen LogP contribution < -0.4 is 10.1 Å². The Kier molecular flexibility index (Phi) is 7.31. The lowest BCUT2D eigenvalue weighted by atomic mass is 10.2. The van der Waals surface area contributed by atoms with Gasteiger partial charge in [-0.25, -0.2) is 4.79 Å². The second-order valence-corrected chi connectivity index (χ2v) is 5.74. The van der Waals surface area contributed by atoms with Crippen molar-refractivity contribution in [1.82, 2.24) is 0 Å². The summed E-state index contributed by atoms with van der Waals surface area (Å²) in [5.41, 5.74) is 0.982. The van der Waals surface area contributed by atoms with Crippen LogP contribution >= 0.6 is 11.6 Å². The van der Waals surface area contributed by atoms with Gasteiger partial charge in [0.05, 0.1) is 10.7 Å². The molecular weight excluding hydrogens is 380 g/mol. The number of anilines is 1. The average Bonchev–Trinajstić information content (AvgIpc) is 2.62. The number of benzene rings is 2. The number of esters is 1. The fourth-order valence-corrected chi connectivity index (χ4v) is 2.17. The second-order valence-electron chi connectivity index (χ2n) is 5.33. The van der Waals surface area contributed by atoms with E-state index in [1.807, 2.05) is 0 Å². The summed E-state index contributed by atoms with van der Waals surface area (Å²) in [6.07, 6.45) is 1.51. The molecule has 0 radical (unpaired) electrons. The van der Waals surface area contributed by atoms with Crippen molar-refractivity contribution in [3.63, 3.8) is 0 Å². The van der Waals surface area contributed by atoms with Gasteiger partial charge in [-0.1, -0.05) is 35.9 Å². The van der Waals surface area contributed by atoms with E-state index in [9.17, 15) is 18.4 Å². The lowest BCUT2D eigenvalue weighted by Gasteiger charge is -2.13. The highest BCUT2D eigenvalue weighted by Crippen LogP contribution is 2.20. The van der Waals surface area contributed by atoms with Crippen LogP contribution in [0.4, 0.5) is 14.5 Å². The van der Waals surface area contributed by atoms with Gasteiger partial charge in [0.25, 0.3) is 5.91 Å². The van der Waals surface area contributed by atoms with Gasteiger partial charge in [-0.05, 0) is 42.8 Å². The minimum absolute atomic E-state index is 0.00888. The maximum Gasteiger partial charge on any atom is 0.387 e. The molecule has 1 amide bonds. The molecule has 0 aliphatic carbocycles. The third-order valence-electron chi connectivity index (χ3n) is 3.31. The van der Waals surface area contributed by atoms with Gasteiger partial charge in [0.1, 0.15) is 5.75 Å². The Morgan fingerprint density at radius 3 is 2.41 bits per heavy atom. The van der Waals surface area contributed by atoms with Crippen molar-refractivity contribution < 1.29 is 27.8 Å². The molecule has 1 unspecified atom stereocenters. The Balaban J connectivity index is 1.87. The van der Waals surface area contributed by atoms with E-state index in [1.165, 1.54) is 37.3 Å². The number of nitrogens with one attached hydrogen (secondary N) is 1. The molecule has 142 valence electrons. The van der Waals surface area contributed by atoms with Crippen molar-refractivity contribution in [3.8, 4) is 5.75 Å². The van der Waals surface area contributed by atoms with Crippen molar-refractivity contribution in [3.05, 3.63) is 65.2 Å². The molecule has 0 spiro atoms. The number of halogens is 3. The van der Waals surface area contributed by atoms with Gasteiger partial charge in [-0.3, -0.25) is 4.79 Å². The zero-order chi connectivity index (χ0) is 19.8. The first-order chi connectivity index (χ1) is 12.8. The van der Waals surface area contributed by atoms with E-state index in [-0.39, 0.29) is 5.75 Å². The maximum absolute atomic E-state index is 12.1. The molecule has 0 saturated carbocycles. The molecule has 1 N–H and O–H groups in total. The van der Waals surface area contributed by atoms with Gasteiger partial charge < -0.3 is 14.8 Å². The van der Waals surface area contributed by atoms with Crippen molar-refractivity contribution >= 4 is 35.2 Å². The highest BCUT2D eigenvalue weighted by molar-refractivity contribution is 6.33. The van der Waals surface area contributed by atoms with Crippen LogP contribution in [0.2, 0.25) is 5.02 Å². The SMILES string of the molecule is CC(OC(=O)/C=C/c1ccc(OC(F)F)cc1)C(=O)Nc1ccccc1Cl. The van der Waals surface area contributed by atoms with Crippen LogP contribution in [0.15, 0.2) is 54.6 Å². The summed E-state index contributed by atoms with van der Waals surface area (Å²) in [4.78, 5) is 23.9. The Bertz CT molecular complexity index is 825. The van der Waals surface area contributed by atoms with Crippen LogP contribution in [0.25, 0.3) is 6.08 Å². The van der Waals surface area contributed by atoms with E-state index in [1.54, 1.807) is 24.3 Å². The second kappa shape index (κ2) is 9.68. The number of para-hydroxylation sites is 1. The number of rotatable bonds is 7. The van der Waals surface area contributed by atoms with Crippen LogP contribution in [0, 0.1) is 0 Å². The van der Waals surface area contributed by atoms with Crippen LogP contribution in [0.3, 0.4) is 0 Å². The van der Waals surface area contributed by atoms with Gasteiger partial charge in [-0.15, -0.1) is 0 Å². The summed E-state index contributed by atoms with van der Waals surface area (Å²) < 4.78 is 33.4. The monoisotopic (exact) mass is 395 g/mol. The van der Waals surface area contributed by atoms with Gasteiger partial charge >= 0.3 is 12.6 Å². The maximum atomic E-state index is 12.1. The summed E-state index contributed by atoms with van der Waals surface area (Å²) in [6.45, 7) is -1.48. The fourth-order valence-electron chi connectivity index (χ4n) is 1.99. The minimum atomic E-state index is -2.90. The molecule has 27 heavy (non-hydrogen) atoms. The third kappa shape index (κ3) is 6.71. The number of ether oxygens (including phenoxy) is 2. The zero-order valence-electron chi connectivity index (χ0n) is 14.2. The molecule has 2 aromatic rings. The first-order valence-corrected chi connectivity index (χ1v) is 8.22. The van der Waals surface area contributed by atoms with E-state index in [4.69, 9.17) is 16.3 Å². The smallest absolute Gasteiger partial charge is 0.387 e. The first-order valence-electron chi connectivity index (χ1n) is 7.84. The molecule has 8 heteroatoms. The fraction of sp³-hybridized carbons (Fsp3) is 0.158. The van der Waals surface area contributed by atoms with Crippen molar-refractivity contribution in [2.75, 3.05) is 5.32 Å². The summed E-state index contributed by atoms with van der Waals surface area (Å²) in [5.74, 6) is -1.25. The number of carbonyl (C=O) groups is 2. The molecule has 1 atom stereocenters. The molecule has 0 saturated heterocycles. The highest BCUT2D eigenvalue weighted by atomic mass is 35.5. The predicted octanol–water partition coefficient (Wildman–Crippen LogP) is 4.53. The Hall–Kier alpha value is -2.93. The topological polar surface area (TPSA) is 64.6 Å². The summed E-state index contributed by atoms with van der Waals surface area (Å²) in [7, 11) is 0. The van der Waals surface area contributed by atoms with Gasteiger partial charge in [0, 0.05) is 6.08 Å². The van der Waals surface area contributed by atoms with Crippen LogP contribution in [-0.2, 0) is 14.3 Å². The predicted molar refractivity (Wildman–Crippen MR) is 97.7 cm³/mol. The van der Waals surface area contributed by atoms with Crippen LogP contribution in [-0.4, -0.2) is 24.6 Å². The molecule has 0 fully saturated rings. The first kappa shape index (κ1) is 20.4. The van der Waals surface area contributed by atoms with Gasteiger partial charge in [-0.2, -0.15) is 8.78 Å². The summed E-state index contributed by atoms with van der Waals surface area (Å²) in [6, 6.07) is 12.3. The van der Waals surface area contributed by atoms with E-state index in [2.05, 4.69) is 10.1 Å². The summed E-state index contributed by atoms with van der Waals surface area (Å²) >= 11 is 5.95. The van der Waals surface area contributed by atoms with Crippen LogP contribution in [0.5, 0.6) is 5.75 Å². The molecular formula is C19H16ClF2NO4. The van der Waals surface area contributed by atoms with Crippen molar-refractivity contribution in [1.29, 1.82) is 0 Å². The zero-order valence-corrected chi connectivity index (χ0v) is 15.0. The van der Waals surface area contributed by atoms with E-state index < -0.39 is 24.6 Å².